The van der Waals surface area contributed by atoms with Gasteiger partial charge in [-0.1, -0.05) is 34.8 Å². The monoisotopic (exact) mass is 417 g/mol. The zero-order chi connectivity index (χ0) is 18.4. The number of rotatable bonds is 6. The third-order valence-corrected chi connectivity index (χ3v) is 4.38. The predicted octanol–water partition coefficient (Wildman–Crippen LogP) is 4.40. The molecule has 2 rings (SSSR count). The highest BCUT2D eigenvalue weighted by Crippen LogP contribution is 2.34. The Kier molecular flexibility index (Phi) is 7.13. The molecule has 0 atom stereocenters. The van der Waals surface area contributed by atoms with Gasteiger partial charge in [0.15, 0.2) is 16.6 Å². The second kappa shape index (κ2) is 9.10. The molecule has 0 amide bonds. The summed E-state index contributed by atoms with van der Waals surface area (Å²) in [6.45, 7) is 0.144. The van der Waals surface area contributed by atoms with Crippen LogP contribution in [0.2, 0.25) is 15.1 Å². The van der Waals surface area contributed by atoms with Crippen LogP contribution in [-0.4, -0.2) is 18.4 Å². The lowest BCUT2D eigenvalue weighted by atomic mass is 10.2. The molecule has 0 fully saturated rings. The van der Waals surface area contributed by atoms with Gasteiger partial charge in [-0.3, -0.25) is 5.43 Å². The van der Waals surface area contributed by atoms with Gasteiger partial charge in [-0.25, -0.2) is 0 Å². The lowest BCUT2D eigenvalue weighted by Gasteiger charge is -2.13. The van der Waals surface area contributed by atoms with E-state index >= 15 is 0 Å². The van der Waals surface area contributed by atoms with Crippen LogP contribution in [0, 0.1) is 0 Å². The van der Waals surface area contributed by atoms with Crippen LogP contribution in [0.1, 0.15) is 11.1 Å². The third kappa shape index (κ3) is 5.37. The zero-order valence-corrected chi connectivity index (χ0v) is 16.1. The van der Waals surface area contributed by atoms with Gasteiger partial charge in [-0.2, -0.15) is 5.10 Å². The minimum absolute atomic E-state index is 0.0819. The van der Waals surface area contributed by atoms with Crippen molar-refractivity contribution < 1.29 is 9.47 Å². The van der Waals surface area contributed by atoms with Crippen LogP contribution in [0.15, 0.2) is 35.4 Å². The first-order valence-electron chi connectivity index (χ1n) is 6.94. The fraction of sp³-hybridized carbons (Fsp3) is 0.125. The van der Waals surface area contributed by atoms with Crippen LogP contribution in [-0.2, 0) is 6.61 Å². The molecule has 0 aliphatic carbocycles. The number of benzene rings is 2. The van der Waals surface area contributed by atoms with Crippen molar-refractivity contribution in [3.05, 3.63) is 56.5 Å². The molecule has 2 aromatic carbocycles. The fourth-order valence-corrected chi connectivity index (χ4v) is 2.61. The van der Waals surface area contributed by atoms with Crippen molar-refractivity contribution >= 4 is 58.3 Å². The van der Waals surface area contributed by atoms with Crippen molar-refractivity contribution in [3.8, 4) is 11.5 Å². The van der Waals surface area contributed by atoms with E-state index in [0.717, 1.165) is 5.56 Å². The number of nitrogens with zero attached hydrogens (tertiary/aromatic N) is 1. The molecule has 0 radical (unpaired) electrons. The molecule has 0 aliphatic heterocycles. The maximum Gasteiger partial charge on any atom is 0.184 e. The van der Waals surface area contributed by atoms with E-state index in [9.17, 15) is 0 Å². The Balaban J connectivity index is 2.16. The van der Waals surface area contributed by atoms with Crippen LogP contribution < -0.4 is 20.6 Å². The molecule has 2 aromatic rings. The van der Waals surface area contributed by atoms with Gasteiger partial charge in [0.25, 0.3) is 0 Å². The minimum atomic E-state index is 0.0819. The lowest BCUT2D eigenvalue weighted by Crippen LogP contribution is -2.23. The summed E-state index contributed by atoms with van der Waals surface area (Å²) < 4.78 is 11.1. The number of nitrogens with one attached hydrogen (secondary N) is 1. The predicted molar refractivity (Wildman–Crippen MR) is 106 cm³/mol. The topological polar surface area (TPSA) is 68.9 Å². The van der Waals surface area contributed by atoms with Gasteiger partial charge < -0.3 is 15.2 Å². The van der Waals surface area contributed by atoms with Gasteiger partial charge in [0.05, 0.1) is 23.4 Å². The lowest BCUT2D eigenvalue weighted by molar-refractivity contribution is 0.284. The molecule has 0 saturated heterocycles. The van der Waals surface area contributed by atoms with Gasteiger partial charge in [0, 0.05) is 10.6 Å². The summed E-state index contributed by atoms with van der Waals surface area (Å²) in [6.07, 6.45) is 1.55. The van der Waals surface area contributed by atoms with E-state index in [0.29, 0.717) is 32.1 Å². The summed E-state index contributed by atoms with van der Waals surface area (Å²) in [6, 6.07) is 8.59. The maximum atomic E-state index is 6.17. The van der Waals surface area contributed by atoms with Crippen LogP contribution in [0.3, 0.4) is 0 Å². The first kappa shape index (κ1) is 19.6. The number of thiocarbonyl (C=S) groups is 1. The first-order valence-corrected chi connectivity index (χ1v) is 8.48. The van der Waals surface area contributed by atoms with E-state index in [2.05, 4.69) is 22.7 Å². The van der Waals surface area contributed by atoms with Crippen LogP contribution in [0.4, 0.5) is 0 Å². The Morgan fingerprint density at radius 3 is 2.60 bits per heavy atom. The van der Waals surface area contributed by atoms with Gasteiger partial charge in [-0.05, 0) is 48.1 Å². The molecule has 9 heteroatoms. The highest BCUT2D eigenvalue weighted by atomic mass is 35.5. The molecule has 0 bridgehead atoms. The molecule has 25 heavy (non-hydrogen) atoms. The zero-order valence-electron chi connectivity index (χ0n) is 13.1. The Hall–Kier alpha value is -1.73. The Morgan fingerprint density at radius 2 is 1.92 bits per heavy atom. The molecule has 3 N–H and O–H groups in total. The number of hydrogen-bond donors (Lipinski definition) is 2. The second-order valence-electron chi connectivity index (χ2n) is 4.75. The summed E-state index contributed by atoms with van der Waals surface area (Å²) in [5.74, 6) is 1.04. The molecule has 0 spiro atoms. The van der Waals surface area contributed by atoms with Crippen LogP contribution in [0.5, 0.6) is 11.5 Å². The van der Waals surface area contributed by atoms with Gasteiger partial charge in [-0.15, -0.1) is 0 Å². The minimum Gasteiger partial charge on any atom is -0.493 e. The molecular weight excluding hydrogens is 405 g/mol. The number of ether oxygens (including phenoxy) is 2. The van der Waals surface area contributed by atoms with Crippen molar-refractivity contribution in [2.45, 2.75) is 6.61 Å². The van der Waals surface area contributed by atoms with Crippen molar-refractivity contribution in [2.75, 3.05) is 7.11 Å². The summed E-state index contributed by atoms with van der Waals surface area (Å²) in [5, 5.41) is 5.21. The van der Waals surface area contributed by atoms with Crippen LogP contribution in [0.25, 0.3) is 0 Å². The van der Waals surface area contributed by atoms with Crippen molar-refractivity contribution in [2.24, 2.45) is 10.8 Å². The molecule has 0 aliphatic rings. The van der Waals surface area contributed by atoms with Crippen molar-refractivity contribution in [1.29, 1.82) is 0 Å². The van der Waals surface area contributed by atoms with E-state index in [1.54, 1.807) is 36.5 Å². The number of methoxy groups -OCH3 is 1. The van der Waals surface area contributed by atoms with Gasteiger partial charge in [0.2, 0.25) is 0 Å². The molecule has 0 unspecified atom stereocenters. The highest BCUT2D eigenvalue weighted by Gasteiger charge is 2.12. The summed E-state index contributed by atoms with van der Waals surface area (Å²) in [5.41, 5.74) is 9.14. The number of halogens is 3. The maximum absolute atomic E-state index is 6.17. The smallest absolute Gasteiger partial charge is 0.184 e. The molecule has 0 saturated carbocycles. The van der Waals surface area contributed by atoms with Crippen LogP contribution >= 0.6 is 47.0 Å². The molecule has 0 aromatic heterocycles. The van der Waals surface area contributed by atoms with E-state index in [1.807, 2.05) is 0 Å². The largest absolute Gasteiger partial charge is 0.493 e. The quantitative estimate of drug-likeness (QED) is 0.315. The normalized spacial score (nSPS) is 10.7. The third-order valence-electron chi connectivity index (χ3n) is 3.09. The Morgan fingerprint density at radius 1 is 1.20 bits per heavy atom. The summed E-state index contributed by atoms with van der Waals surface area (Å²) >= 11 is 23.0. The van der Waals surface area contributed by atoms with Gasteiger partial charge in [0.1, 0.15) is 6.61 Å². The van der Waals surface area contributed by atoms with E-state index < -0.39 is 0 Å². The number of hydrazone groups is 1. The molecular formula is C16H14Cl3N3O2S. The Labute approximate surface area is 165 Å². The number of nitrogens with two attached hydrogens (primary N) is 1. The second-order valence-corrected chi connectivity index (χ2v) is 6.39. The fourth-order valence-electron chi connectivity index (χ4n) is 1.91. The molecule has 0 heterocycles. The average Bonchev–Trinajstić information content (AvgIpc) is 2.58. The SMILES string of the molecule is COc1cc(/C=N\NC(N)=S)ccc1OCc1c(Cl)ccc(Cl)c1Cl. The molecule has 132 valence electrons. The van der Waals surface area contributed by atoms with E-state index in [-0.39, 0.29) is 11.7 Å². The van der Waals surface area contributed by atoms with Crippen molar-refractivity contribution in [1.82, 2.24) is 5.43 Å². The average molecular weight is 419 g/mol. The van der Waals surface area contributed by atoms with Crippen molar-refractivity contribution in [3.63, 3.8) is 0 Å². The first-order chi connectivity index (χ1) is 11.9. The Bertz CT molecular complexity index is 815. The number of hydrogen-bond acceptors (Lipinski definition) is 4. The summed E-state index contributed by atoms with van der Waals surface area (Å²) in [7, 11) is 1.54. The van der Waals surface area contributed by atoms with Gasteiger partial charge >= 0.3 is 0 Å². The van der Waals surface area contributed by atoms with E-state index in [1.165, 1.54) is 7.11 Å². The highest BCUT2D eigenvalue weighted by molar-refractivity contribution is 7.80. The van der Waals surface area contributed by atoms with E-state index in [4.69, 9.17) is 50.0 Å². The molecule has 5 nitrogen and oxygen atoms in total. The summed E-state index contributed by atoms with van der Waals surface area (Å²) in [4.78, 5) is 0. The standard InChI is InChI=1S/C16H14Cl3N3O2S/c1-23-14-6-9(7-21-22-16(20)25)2-5-13(14)24-8-10-11(17)3-4-12(18)15(10)19/h2-7H,8H2,1H3,(H3,20,22,25)/b21-7-.